The Morgan fingerprint density at radius 3 is 2.21 bits per heavy atom. The topological polar surface area (TPSA) is 60.2 Å². The minimum atomic E-state index is -0.0640. The maximum absolute atomic E-state index is 5.78. The van der Waals surface area contributed by atoms with Gasteiger partial charge in [-0.05, 0) is 43.3 Å². The molecule has 0 spiro atoms. The van der Waals surface area contributed by atoms with E-state index in [1.54, 1.807) is 0 Å². The molecule has 0 aliphatic heterocycles. The number of nitrogens with zero attached hydrogens (tertiary/aromatic N) is 2. The van der Waals surface area contributed by atoms with Crippen molar-refractivity contribution < 1.29 is 9.26 Å². The fourth-order valence-electron chi connectivity index (χ4n) is 2.21. The van der Waals surface area contributed by atoms with Gasteiger partial charge < -0.3 is 14.6 Å². The van der Waals surface area contributed by atoms with Gasteiger partial charge in [0, 0.05) is 11.6 Å². The number of aromatic nitrogens is 2. The van der Waals surface area contributed by atoms with E-state index in [1.165, 1.54) is 0 Å². The first-order valence-electron chi connectivity index (χ1n) is 8.05. The molecule has 1 aromatic heterocycles. The standard InChI is InChI=1S/C19H21N3O2/c1-13(2)18-21-19(24-22-18)14(3)20-15-9-11-17(12-10-15)23-16-7-5-4-6-8-16/h4-14,20H,1-3H3/t14-/m0/s1. The molecule has 124 valence electrons. The highest BCUT2D eigenvalue weighted by Crippen LogP contribution is 2.25. The van der Waals surface area contributed by atoms with Crippen molar-refractivity contribution >= 4 is 5.69 Å². The van der Waals surface area contributed by atoms with Gasteiger partial charge >= 0.3 is 0 Å². The van der Waals surface area contributed by atoms with Crippen LogP contribution in [0.4, 0.5) is 5.69 Å². The summed E-state index contributed by atoms with van der Waals surface area (Å²) in [6.07, 6.45) is 0. The molecule has 5 nitrogen and oxygen atoms in total. The molecule has 0 fully saturated rings. The molecule has 0 amide bonds. The van der Waals surface area contributed by atoms with Gasteiger partial charge in [0.1, 0.15) is 17.5 Å². The number of hydrogen-bond donors (Lipinski definition) is 1. The van der Waals surface area contributed by atoms with E-state index < -0.39 is 0 Å². The molecule has 1 atom stereocenters. The zero-order chi connectivity index (χ0) is 16.9. The number of rotatable bonds is 6. The van der Waals surface area contributed by atoms with Crippen molar-refractivity contribution in [3.8, 4) is 11.5 Å². The smallest absolute Gasteiger partial charge is 0.248 e. The van der Waals surface area contributed by atoms with E-state index in [1.807, 2.05) is 75.4 Å². The second kappa shape index (κ2) is 7.17. The summed E-state index contributed by atoms with van der Waals surface area (Å²) in [6.45, 7) is 6.07. The van der Waals surface area contributed by atoms with Crippen molar-refractivity contribution in [1.29, 1.82) is 0 Å². The molecule has 0 radical (unpaired) electrons. The summed E-state index contributed by atoms with van der Waals surface area (Å²) in [7, 11) is 0. The van der Waals surface area contributed by atoms with Crippen LogP contribution >= 0.6 is 0 Å². The molecule has 3 rings (SSSR count). The third-order valence-corrected chi connectivity index (χ3v) is 3.56. The predicted octanol–water partition coefficient (Wildman–Crippen LogP) is 5.16. The van der Waals surface area contributed by atoms with E-state index in [2.05, 4.69) is 15.5 Å². The second-order valence-corrected chi connectivity index (χ2v) is 5.95. The Labute approximate surface area is 141 Å². The molecule has 0 unspecified atom stereocenters. The van der Waals surface area contributed by atoms with Crippen LogP contribution in [0.3, 0.4) is 0 Å². The van der Waals surface area contributed by atoms with Gasteiger partial charge in [0.2, 0.25) is 5.89 Å². The Kier molecular flexibility index (Phi) is 4.79. The lowest BCUT2D eigenvalue weighted by Gasteiger charge is -2.12. The SMILES string of the molecule is CC(C)c1noc([C@H](C)Nc2ccc(Oc3ccccc3)cc2)n1. The first-order chi connectivity index (χ1) is 11.6. The highest BCUT2D eigenvalue weighted by Gasteiger charge is 2.15. The zero-order valence-electron chi connectivity index (χ0n) is 14.1. The minimum Gasteiger partial charge on any atom is -0.457 e. The molecule has 24 heavy (non-hydrogen) atoms. The third kappa shape index (κ3) is 3.93. The van der Waals surface area contributed by atoms with Crippen molar-refractivity contribution in [1.82, 2.24) is 10.1 Å². The lowest BCUT2D eigenvalue weighted by Crippen LogP contribution is -2.07. The molecule has 1 N–H and O–H groups in total. The fraction of sp³-hybridized carbons (Fsp3) is 0.263. The highest BCUT2D eigenvalue weighted by atomic mass is 16.5. The van der Waals surface area contributed by atoms with Crippen molar-refractivity contribution in [3.63, 3.8) is 0 Å². The highest BCUT2D eigenvalue weighted by molar-refractivity contribution is 5.48. The number of anilines is 1. The predicted molar refractivity (Wildman–Crippen MR) is 93.4 cm³/mol. The number of ether oxygens (including phenoxy) is 1. The van der Waals surface area contributed by atoms with Crippen molar-refractivity contribution in [2.24, 2.45) is 0 Å². The second-order valence-electron chi connectivity index (χ2n) is 5.95. The molecule has 5 heteroatoms. The first-order valence-corrected chi connectivity index (χ1v) is 8.05. The monoisotopic (exact) mass is 323 g/mol. The Morgan fingerprint density at radius 2 is 1.58 bits per heavy atom. The lowest BCUT2D eigenvalue weighted by atomic mass is 10.2. The Bertz CT molecular complexity index is 767. The third-order valence-electron chi connectivity index (χ3n) is 3.56. The zero-order valence-corrected chi connectivity index (χ0v) is 14.1. The van der Waals surface area contributed by atoms with Gasteiger partial charge in [-0.2, -0.15) is 4.98 Å². The number of benzene rings is 2. The average molecular weight is 323 g/mol. The van der Waals surface area contributed by atoms with Gasteiger partial charge in [0.25, 0.3) is 0 Å². The largest absolute Gasteiger partial charge is 0.457 e. The molecule has 0 bridgehead atoms. The summed E-state index contributed by atoms with van der Waals surface area (Å²) >= 11 is 0. The number of nitrogens with one attached hydrogen (secondary N) is 1. The van der Waals surface area contributed by atoms with Crippen LogP contribution in [0.5, 0.6) is 11.5 Å². The van der Waals surface area contributed by atoms with Crippen LogP contribution in [-0.4, -0.2) is 10.1 Å². The maximum atomic E-state index is 5.78. The Hall–Kier alpha value is -2.82. The van der Waals surface area contributed by atoms with Crippen LogP contribution in [0.25, 0.3) is 0 Å². The molecular formula is C19H21N3O2. The summed E-state index contributed by atoms with van der Waals surface area (Å²) in [5, 5.41) is 7.34. The number of hydrogen-bond acceptors (Lipinski definition) is 5. The molecule has 3 aromatic rings. The van der Waals surface area contributed by atoms with E-state index in [-0.39, 0.29) is 12.0 Å². The Balaban J connectivity index is 1.63. The number of para-hydroxylation sites is 1. The summed E-state index contributed by atoms with van der Waals surface area (Å²) in [6, 6.07) is 17.4. The van der Waals surface area contributed by atoms with E-state index in [9.17, 15) is 0 Å². The summed E-state index contributed by atoms with van der Waals surface area (Å²) in [5.41, 5.74) is 0.965. The summed E-state index contributed by atoms with van der Waals surface area (Å²) < 4.78 is 11.1. The van der Waals surface area contributed by atoms with Crippen LogP contribution in [0.1, 0.15) is 44.4 Å². The summed E-state index contributed by atoms with van der Waals surface area (Å²) in [4.78, 5) is 4.41. The van der Waals surface area contributed by atoms with Crippen LogP contribution in [0, 0.1) is 0 Å². The van der Waals surface area contributed by atoms with Crippen molar-refractivity contribution in [2.75, 3.05) is 5.32 Å². The molecule has 0 saturated carbocycles. The van der Waals surface area contributed by atoms with Crippen LogP contribution in [0.2, 0.25) is 0 Å². The molecule has 0 saturated heterocycles. The normalized spacial score (nSPS) is 12.2. The lowest BCUT2D eigenvalue weighted by molar-refractivity contribution is 0.361. The van der Waals surface area contributed by atoms with E-state index in [0.717, 1.165) is 23.0 Å². The van der Waals surface area contributed by atoms with Gasteiger partial charge in [-0.25, -0.2) is 0 Å². The van der Waals surface area contributed by atoms with Crippen LogP contribution < -0.4 is 10.1 Å². The van der Waals surface area contributed by atoms with Gasteiger partial charge in [0.15, 0.2) is 5.82 Å². The summed E-state index contributed by atoms with van der Waals surface area (Å²) in [5.74, 6) is 3.18. The maximum Gasteiger partial charge on any atom is 0.248 e. The average Bonchev–Trinajstić information content (AvgIpc) is 3.08. The molecule has 2 aromatic carbocycles. The van der Waals surface area contributed by atoms with Crippen molar-refractivity contribution in [3.05, 3.63) is 66.3 Å². The first kappa shape index (κ1) is 16.1. The molecule has 1 heterocycles. The van der Waals surface area contributed by atoms with Crippen LogP contribution in [-0.2, 0) is 0 Å². The molecule has 0 aliphatic rings. The van der Waals surface area contributed by atoms with Gasteiger partial charge in [-0.15, -0.1) is 0 Å². The van der Waals surface area contributed by atoms with Gasteiger partial charge in [-0.3, -0.25) is 0 Å². The fourth-order valence-corrected chi connectivity index (χ4v) is 2.21. The Morgan fingerprint density at radius 1 is 0.917 bits per heavy atom. The molecular weight excluding hydrogens is 302 g/mol. The van der Waals surface area contributed by atoms with E-state index in [4.69, 9.17) is 9.26 Å². The van der Waals surface area contributed by atoms with Gasteiger partial charge in [-0.1, -0.05) is 37.2 Å². The molecule has 0 aliphatic carbocycles. The van der Waals surface area contributed by atoms with E-state index >= 15 is 0 Å². The van der Waals surface area contributed by atoms with E-state index in [0.29, 0.717) is 5.89 Å². The quantitative estimate of drug-likeness (QED) is 0.679. The van der Waals surface area contributed by atoms with Crippen LogP contribution in [0.15, 0.2) is 59.1 Å². The van der Waals surface area contributed by atoms with Crippen molar-refractivity contribution in [2.45, 2.75) is 32.7 Å². The minimum absolute atomic E-state index is 0.0640. The van der Waals surface area contributed by atoms with Gasteiger partial charge in [0.05, 0.1) is 0 Å².